The summed E-state index contributed by atoms with van der Waals surface area (Å²) in [6.45, 7) is 3.81. The van der Waals surface area contributed by atoms with Crippen LogP contribution >= 0.6 is 0 Å². The van der Waals surface area contributed by atoms with E-state index in [1.54, 1.807) is 24.3 Å². The van der Waals surface area contributed by atoms with Crippen molar-refractivity contribution in [3.8, 4) is 11.4 Å². The molecule has 1 N–H and O–H groups in total. The van der Waals surface area contributed by atoms with Gasteiger partial charge >= 0.3 is 0 Å². The lowest BCUT2D eigenvalue weighted by Gasteiger charge is -2.17. The summed E-state index contributed by atoms with van der Waals surface area (Å²) in [5.74, 6) is 0.315. The molecule has 2 heterocycles. The largest absolute Gasteiger partial charge is 0.459 e. The quantitative estimate of drug-likeness (QED) is 0.530. The fraction of sp³-hybridized carbons (Fsp3) is 0.235. The molecule has 26 heavy (non-hydrogen) atoms. The lowest BCUT2D eigenvalue weighted by molar-refractivity contribution is -0.384. The number of hydrogen-bond acceptors (Lipinski definition) is 7. The number of nitrogens with one attached hydrogen (secondary N) is 1. The number of non-ortho nitro benzene ring substituents is 1. The first-order valence-corrected chi connectivity index (χ1v) is 7.88. The van der Waals surface area contributed by atoms with Crippen LogP contribution in [-0.2, 0) is 0 Å². The van der Waals surface area contributed by atoms with Gasteiger partial charge < -0.3 is 14.3 Å². The number of hydrogen-bond donors (Lipinski definition) is 1. The van der Waals surface area contributed by atoms with Gasteiger partial charge in [-0.25, -0.2) is 0 Å². The van der Waals surface area contributed by atoms with Crippen molar-refractivity contribution >= 4 is 11.6 Å². The summed E-state index contributed by atoms with van der Waals surface area (Å²) in [4.78, 5) is 26.8. The van der Waals surface area contributed by atoms with Crippen LogP contribution in [-0.4, -0.2) is 21.0 Å². The highest BCUT2D eigenvalue weighted by Gasteiger charge is 2.26. The van der Waals surface area contributed by atoms with Crippen LogP contribution in [0, 0.1) is 16.0 Å². The summed E-state index contributed by atoms with van der Waals surface area (Å²) < 4.78 is 10.4. The van der Waals surface area contributed by atoms with Gasteiger partial charge in [-0.2, -0.15) is 4.98 Å². The van der Waals surface area contributed by atoms with Crippen molar-refractivity contribution in [1.29, 1.82) is 0 Å². The lowest BCUT2D eigenvalue weighted by atomic mass is 10.0. The third-order valence-corrected chi connectivity index (χ3v) is 3.74. The molecule has 0 aliphatic carbocycles. The van der Waals surface area contributed by atoms with Gasteiger partial charge in [0.25, 0.3) is 11.6 Å². The van der Waals surface area contributed by atoms with Crippen LogP contribution < -0.4 is 5.32 Å². The van der Waals surface area contributed by atoms with E-state index in [4.69, 9.17) is 8.94 Å². The van der Waals surface area contributed by atoms with Gasteiger partial charge in [0.1, 0.15) is 6.04 Å². The molecule has 3 rings (SSSR count). The zero-order chi connectivity index (χ0) is 18.7. The molecule has 2 aromatic heterocycles. The highest BCUT2D eigenvalue weighted by molar-refractivity contribution is 5.91. The van der Waals surface area contributed by atoms with Crippen molar-refractivity contribution in [3.05, 3.63) is 64.4 Å². The van der Waals surface area contributed by atoms with E-state index in [-0.39, 0.29) is 35.0 Å². The first-order chi connectivity index (χ1) is 12.5. The summed E-state index contributed by atoms with van der Waals surface area (Å²) >= 11 is 0. The Morgan fingerprint density at radius 2 is 1.96 bits per heavy atom. The highest BCUT2D eigenvalue weighted by Crippen LogP contribution is 2.25. The van der Waals surface area contributed by atoms with E-state index in [1.165, 1.54) is 18.4 Å². The minimum Gasteiger partial charge on any atom is -0.459 e. The van der Waals surface area contributed by atoms with Gasteiger partial charge in [-0.3, -0.25) is 14.9 Å². The van der Waals surface area contributed by atoms with E-state index < -0.39 is 11.0 Å². The Bertz CT molecular complexity index is 900. The Kier molecular flexibility index (Phi) is 4.78. The lowest BCUT2D eigenvalue weighted by Crippen LogP contribution is -2.31. The first kappa shape index (κ1) is 17.3. The fourth-order valence-corrected chi connectivity index (χ4v) is 2.34. The summed E-state index contributed by atoms with van der Waals surface area (Å²) in [7, 11) is 0. The molecule has 0 fully saturated rings. The molecular weight excluding hydrogens is 340 g/mol. The van der Waals surface area contributed by atoms with Gasteiger partial charge in [-0.15, -0.1) is 0 Å². The number of aromatic nitrogens is 2. The van der Waals surface area contributed by atoms with Crippen LogP contribution in [0.4, 0.5) is 5.69 Å². The second-order valence-electron chi connectivity index (χ2n) is 5.93. The Balaban J connectivity index is 1.81. The number of benzene rings is 1. The van der Waals surface area contributed by atoms with Gasteiger partial charge in [-0.05, 0) is 30.2 Å². The molecule has 0 saturated heterocycles. The predicted molar refractivity (Wildman–Crippen MR) is 90.1 cm³/mol. The van der Waals surface area contributed by atoms with E-state index >= 15 is 0 Å². The Morgan fingerprint density at radius 3 is 2.54 bits per heavy atom. The maximum atomic E-state index is 12.2. The van der Waals surface area contributed by atoms with Crippen molar-refractivity contribution in [1.82, 2.24) is 15.5 Å². The highest BCUT2D eigenvalue weighted by atomic mass is 16.6. The maximum absolute atomic E-state index is 12.2. The number of furan rings is 1. The number of rotatable bonds is 6. The van der Waals surface area contributed by atoms with Crippen LogP contribution in [0.15, 0.2) is 51.6 Å². The third-order valence-electron chi connectivity index (χ3n) is 3.74. The van der Waals surface area contributed by atoms with Crippen LogP contribution in [0.25, 0.3) is 11.4 Å². The van der Waals surface area contributed by atoms with Crippen LogP contribution in [0.1, 0.15) is 36.3 Å². The second kappa shape index (κ2) is 7.18. The van der Waals surface area contributed by atoms with Crippen LogP contribution in [0.5, 0.6) is 0 Å². The SMILES string of the molecule is CC(C)[C@H](NC(=O)c1ccco1)c1nc(-c2ccc([N+](=O)[O-])cc2)no1. The zero-order valence-corrected chi connectivity index (χ0v) is 14.1. The van der Waals surface area contributed by atoms with E-state index in [1.807, 2.05) is 13.8 Å². The maximum Gasteiger partial charge on any atom is 0.287 e. The summed E-state index contributed by atoms with van der Waals surface area (Å²) in [6.07, 6.45) is 1.42. The second-order valence-corrected chi connectivity index (χ2v) is 5.93. The average Bonchev–Trinajstić information content (AvgIpc) is 3.31. The summed E-state index contributed by atoms with van der Waals surface area (Å²) in [5, 5.41) is 17.4. The predicted octanol–water partition coefficient (Wildman–Crippen LogP) is 3.36. The van der Waals surface area contributed by atoms with Crippen molar-refractivity contribution in [2.75, 3.05) is 0 Å². The van der Waals surface area contributed by atoms with Crippen LogP contribution in [0.3, 0.4) is 0 Å². The molecule has 9 nitrogen and oxygen atoms in total. The van der Waals surface area contributed by atoms with Gasteiger partial charge in [0.05, 0.1) is 11.2 Å². The molecular formula is C17H16N4O5. The monoisotopic (exact) mass is 356 g/mol. The fourth-order valence-electron chi connectivity index (χ4n) is 2.34. The molecule has 9 heteroatoms. The number of nitrogens with zero attached hydrogens (tertiary/aromatic N) is 3. The van der Waals surface area contributed by atoms with Gasteiger partial charge in [0, 0.05) is 17.7 Å². The third kappa shape index (κ3) is 3.61. The van der Waals surface area contributed by atoms with E-state index in [2.05, 4.69) is 15.5 Å². The molecule has 0 aliphatic rings. The number of carbonyl (C=O) groups is 1. The van der Waals surface area contributed by atoms with E-state index in [0.29, 0.717) is 5.56 Å². The van der Waals surface area contributed by atoms with E-state index in [9.17, 15) is 14.9 Å². The Hall–Kier alpha value is -3.49. The Morgan fingerprint density at radius 1 is 1.23 bits per heavy atom. The number of amides is 1. The van der Waals surface area contributed by atoms with Crippen LogP contribution in [0.2, 0.25) is 0 Å². The zero-order valence-electron chi connectivity index (χ0n) is 14.1. The average molecular weight is 356 g/mol. The molecule has 1 aromatic carbocycles. The van der Waals surface area contributed by atoms with Gasteiger partial charge in [0.2, 0.25) is 11.7 Å². The van der Waals surface area contributed by atoms with Crippen molar-refractivity contribution in [2.45, 2.75) is 19.9 Å². The summed E-state index contributed by atoms with van der Waals surface area (Å²) in [6, 6.07) is 8.49. The standard InChI is InChI=1S/C17H16N4O5/c1-10(2)14(18-16(22)13-4-3-9-25-13)17-19-15(20-26-17)11-5-7-12(8-6-11)21(23)24/h3-10,14H,1-2H3,(H,18,22)/t14-/m0/s1. The molecule has 0 spiro atoms. The smallest absolute Gasteiger partial charge is 0.287 e. The molecule has 0 radical (unpaired) electrons. The molecule has 0 saturated carbocycles. The van der Waals surface area contributed by atoms with E-state index in [0.717, 1.165) is 0 Å². The molecule has 1 atom stereocenters. The normalized spacial score (nSPS) is 12.1. The number of carbonyl (C=O) groups excluding carboxylic acids is 1. The minimum absolute atomic E-state index is 0.0147. The molecule has 0 bridgehead atoms. The topological polar surface area (TPSA) is 124 Å². The summed E-state index contributed by atoms with van der Waals surface area (Å²) in [5.41, 5.74) is 0.550. The number of nitro benzene ring substituents is 1. The number of nitro groups is 1. The van der Waals surface area contributed by atoms with Gasteiger partial charge in [-0.1, -0.05) is 19.0 Å². The minimum atomic E-state index is -0.508. The molecule has 3 aromatic rings. The Labute approximate surface area is 148 Å². The molecule has 0 unspecified atom stereocenters. The van der Waals surface area contributed by atoms with Crippen molar-refractivity contribution in [3.63, 3.8) is 0 Å². The molecule has 1 amide bonds. The van der Waals surface area contributed by atoms with Crippen molar-refractivity contribution in [2.24, 2.45) is 5.92 Å². The van der Waals surface area contributed by atoms with Gasteiger partial charge in [0.15, 0.2) is 5.76 Å². The van der Waals surface area contributed by atoms with Crippen molar-refractivity contribution < 1.29 is 18.7 Å². The first-order valence-electron chi connectivity index (χ1n) is 7.88. The molecule has 134 valence electrons. The molecule has 0 aliphatic heterocycles.